The van der Waals surface area contributed by atoms with Crippen LogP contribution in [0.1, 0.15) is 0 Å². The van der Waals surface area contributed by atoms with E-state index >= 15 is 0 Å². The zero-order valence-electron chi connectivity index (χ0n) is 13.9. The van der Waals surface area contributed by atoms with Crippen molar-refractivity contribution in [3.05, 3.63) is 53.1 Å². The Balaban J connectivity index is 1.90. The Morgan fingerprint density at radius 3 is 2.77 bits per heavy atom. The molecule has 0 unspecified atom stereocenters. The molecule has 0 saturated carbocycles. The van der Waals surface area contributed by atoms with Crippen LogP contribution in [0.5, 0.6) is 11.5 Å². The molecule has 1 aromatic heterocycles. The monoisotopic (exact) mass is 370 g/mol. The highest BCUT2D eigenvalue weighted by atomic mass is 32.1. The molecule has 0 bridgehead atoms. The molecule has 5 nitrogen and oxygen atoms in total. The average Bonchev–Trinajstić information content (AvgIpc) is 2.99. The van der Waals surface area contributed by atoms with Crippen molar-refractivity contribution in [2.45, 2.75) is 6.54 Å². The van der Waals surface area contributed by atoms with E-state index in [1.54, 1.807) is 36.4 Å². The van der Waals surface area contributed by atoms with E-state index in [1.165, 1.54) is 29.1 Å². The summed E-state index contributed by atoms with van der Waals surface area (Å²) in [5.41, 5.74) is 0.340. The molecule has 1 amide bonds. The van der Waals surface area contributed by atoms with Crippen molar-refractivity contribution in [2.75, 3.05) is 13.7 Å². The van der Waals surface area contributed by atoms with Crippen LogP contribution in [0.25, 0.3) is 10.2 Å². The first-order chi connectivity index (χ1) is 12.6. The molecule has 0 atom stereocenters. The molecule has 0 saturated heterocycles. The van der Waals surface area contributed by atoms with Gasteiger partial charge in [-0.15, -0.1) is 6.42 Å². The van der Waals surface area contributed by atoms with Crippen molar-refractivity contribution >= 4 is 27.5 Å². The highest BCUT2D eigenvalue weighted by Gasteiger charge is 2.12. The molecular formula is C19H15FN2O3S. The third-order valence-electron chi connectivity index (χ3n) is 3.54. The van der Waals surface area contributed by atoms with E-state index in [4.69, 9.17) is 15.9 Å². The van der Waals surface area contributed by atoms with E-state index in [0.717, 1.165) is 0 Å². The molecule has 3 aromatic rings. The van der Waals surface area contributed by atoms with Gasteiger partial charge in [-0.05, 0) is 24.3 Å². The molecule has 2 aromatic carbocycles. The lowest BCUT2D eigenvalue weighted by Gasteiger charge is -2.08. The predicted molar refractivity (Wildman–Crippen MR) is 97.7 cm³/mol. The van der Waals surface area contributed by atoms with Gasteiger partial charge in [0.15, 0.2) is 22.9 Å². The second-order valence-electron chi connectivity index (χ2n) is 5.21. The van der Waals surface area contributed by atoms with Crippen LogP contribution in [0.4, 0.5) is 4.39 Å². The summed E-state index contributed by atoms with van der Waals surface area (Å²) < 4.78 is 26.9. The fraction of sp³-hybridized carbons (Fsp3) is 0.158. The van der Waals surface area contributed by atoms with Gasteiger partial charge in [-0.25, -0.2) is 4.39 Å². The Morgan fingerprint density at radius 1 is 1.27 bits per heavy atom. The number of carbonyl (C=O) groups excluding carboxylic acids is 1. The molecule has 0 aliphatic heterocycles. The van der Waals surface area contributed by atoms with Crippen molar-refractivity contribution in [3.63, 3.8) is 0 Å². The maximum absolute atomic E-state index is 14.1. The lowest BCUT2D eigenvalue weighted by Crippen LogP contribution is -2.19. The summed E-state index contributed by atoms with van der Waals surface area (Å²) in [4.78, 5) is 16.6. The molecule has 0 aliphatic carbocycles. The zero-order chi connectivity index (χ0) is 18.5. The summed E-state index contributed by atoms with van der Waals surface area (Å²) in [5, 5.41) is 0. The van der Waals surface area contributed by atoms with Crippen LogP contribution in [0.2, 0.25) is 0 Å². The van der Waals surface area contributed by atoms with Gasteiger partial charge in [0.05, 0.1) is 23.9 Å². The number of halogens is 1. The molecule has 0 aliphatic rings. The molecule has 26 heavy (non-hydrogen) atoms. The van der Waals surface area contributed by atoms with E-state index in [2.05, 4.69) is 10.9 Å². The highest BCUT2D eigenvalue weighted by Crippen LogP contribution is 2.25. The quantitative estimate of drug-likeness (QED) is 0.649. The van der Waals surface area contributed by atoms with Crippen LogP contribution < -0.4 is 14.3 Å². The number of benzene rings is 2. The smallest absolute Gasteiger partial charge is 0.286 e. The van der Waals surface area contributed by atoms with Crippen LogP contribution in [-0.2, 0) is 11.3 Å². The van der Waals surface area contributed by atoms with Crippen molar-refractivity contribution in [1.82, 2.24) is 4.57 Å². The summed E-state index contributed by atoms with van der Waals surface area (Å²) in [6.45, 7) is -0.159. The predicted octanol–water partition coefficient (Wildman–Crippen LogP) is 2.99. The number of rotatable bonds is 5. The fourth-order valence-corrected chi connectivity index (χ4v) is 3.49. The van der Waals surface area contributed by atoms with Crippen LogP contribution in [0.3, 0.4) is 0 Å². The van der Waals surface area contributed by atoms with E-state index < -0.39 is 11.7 Å². The number of nitrogens with zero attached hydrogens (tertiary/aromatic N) is 2. The Morgan fingerprint density at radius 2 is 2.04 bits per heavy atom. The molecular weight excluding hydrogens is 355 g/mol. The first-order valence-corrected chi connectivity index (χ1v) is 8.50. The van der Waals surface area contributed by atoms with E-state index in [0.29, 0.717) is 26.5 Å². The fourth-order valence-electron chi connectivity index (χ4n) is 2.43. The molecule has 3 rings (SSSR count). The number of ether oxygens (including phenoxy) is 2. The first-order valence-electron chi connectivity index (χ1n) is 7.68. The Labute approximate surface area is 153 Å². The van der Waals surface area contributed by atoms with Gasteiger partial charge in [-0.2, -0.15) is 4.99 Å². The van der Waals surface area contributed by atoms with Gasteiger partial charge in [-0.3, -0.25) is 4.79 Å². The number of terminal acetylenes is 1. The standard InChI is InChI=1S/C19H15FN2O3S/c1-3-11-22-18-13(20)7-6-10-16(18)26-19(22)21-17(23)12-25-15-9-5-4-8-14(15)24-2/h1,4-10H,11-12H2,2H3. The van der Waals surface area contributed by atoms with Gasteiger partial charge in [0.1, 0.15) is 5.82 Å². The number of fused-ring (bicyclic) bond motifs is 1. The molecule has 0 spiro atoms. The van der Waals surface area contributed by atoms with Gasteiger partial charge in [0.2, 0.25) is 0 Å². The molecule has 0 radical (unpaired) electrons. The minimum atomic E-state index is -0.506. The normalized spacial score (nSPS) is 11.3. The number of methoxy groups -OCH3 is 1. The number of aromatic nitrogens is 1. The Bertz CT molecular complexity index is 1060. The number of hydrogen-bond donors (Lipinski definition) is 0. The topological polar surface area (TPSA) is 52.8 Å². The SMILES string of the molecule is C#CCn1c(=NC(=O)COc2ccccc2OC)sc2cccc(F)c21. The van der Waals surface area contributed by atoms with Crippen molar-refractivity contribution in [3.8, 4) is 23.8 Å². The van der Waals surface area contributed by atoms with Gasteiger partial charge in [0.25, 0.3) is 5.91 Å². The van der Waals surface area contributed by atoms with Crippen LogP contribution in [-0.4, -0.2) is 24.2 Å². The summed E-state index contributed by atoms with van der Waals surface area (Å²) >= 11 is 1.20. The maximum Gasteiger partial charge on any atom is 0.286 e. The third kappa shape index (κ3) is 3.60. The molecule has 1 heterocycles. The number of hydrogen-bond acceptors (Lipinski definition) is 4. The van der Waals surface area contributed by atoms with Crippen LogP contribution in [0, 0.1) is 18.2 Å². The summed E-state index contributed by atoms with van der Waals surface area (Å²) in [6.07, 6.45) is 5.37. The van der Waals surface area contributed by atoms with E-state index in [1.807, 2.05) is 0 Å². The van der Waals surface area contributed by atoms with Crippen LogP contribution >= 0.6 is 11.3 Å². The van der Waals surface area contributed by atoms with E-state index in [-0.39, 0.29) is 13.2 Å². The number of para-hydroxylation sites is 3. The molecule has 0 N–H and O–H groups in total. The zero-order valence-corrected chi connectivity index (χ0v) is 14.8. The summed E-state index contributed by atoms with van der Waals surface area (Å²) in [5.74, 6) is 2.51. The molecule has 132 valence electrons. The second kappa shape index (κ2) is 7.85. The number of amides is 1. The second-order valence-corrected chi connectivity index (χ2v) is 6.22. The van der Waals surface area contributed by atoms with Gasteiger partial charge in [0, 0.05) is 0 Å². The average molecular weight is 370 g/mol. The Hall–Kier alpha value is -3.11. The summed E-state index contributed by atoms with van der Waals surface area (Å²) in [7, 11) is 1.52. The molecule has 7 heteroatoms. The highest BCUT2D eigenvalue weighted by molar-refractivity contribution is 7.16. The number of carbonyl (C=O) groups is 1. The van der Waals surface area contributed by atoms with Gasteiger partial charge < -0.3 is 14.0 Å². The molecule has 0 fully saturated rings. The van der Waals surface area contributed by atoms with E-state index in [9.17, 15) is 9.18 Å². The largest absolute Gasteiger partial charge is 0.493 e. The lowest BCUT2D eigenvalue weighted by atomic mass is 10.3. The minimum Gasteiger partial charge on any atom is -0.493 e. The first kappa shape index (κ1) is 17.7. The van der Waals surface area contributed by atoms with Crippen molar-refractivity contribution < 1.29 is 18.7 Å². The van der Waals surface area contributed by atoms with Gasteiger partial charge in [-0.1, -0.05) is 35.5 Å². The maximum atomic E-state index is 14.1. The van der Waals surface area contributed by atoms with Crippen LogP contribution in [0.15, 0.2) is 47.5 Å². The number of thiazole rings is 1. The lowest BCUT2D eigenvalue weighted by molar-refractivity contribution is -0.120. The minimum absolute atomic E-state index is 0.112. The van der Waals surface area contributed by atoms with Crippen molar-refractivity contribution in [2.24, 2.45) is 4.99 Å². The van der Waals surface area contributed by atoms with Gasteiger partial charge >= 0.3 is 0 Å². The Kier molecular flexibility index (Phi) is 5.34. The third-order valence-corrected chi connectivity index (χ3v) is 4.59. The van der Waals surface area contributed by atoms with Crippen molar-refractivity contribution in [1.29, 1.82) is 0 Å². The summed E-state index contributed by atoms with van der Waals surface area (Å²) in [6, 6.07) is 11.7.